The second kappa shape index (κ2) is 9.33. The first-order valence-corrected chi connectivity index (χ1v) is 12.4. The van der Waals surface area contributed by atoms with E-state index >= 15 is 0 Å². The van der Waals surface area contributed by atoms with Gasteiger partial charge in [-0.1, -0.05) is 23.9 Å². The van der Waals surface area contributed by atoms with Crippen LogP contribution in [0.2, 0.25) is 0 Å². The van der Waals surface area contributed by atoms with Crippen molar-refractivity contribution in [2.24, 2.45) is 4.99 Å². The number of aliphatic imine (C=N–C) groups is 1. The number of amidine groups is 1. The third-order valence-electron chi connectivity index (χ3n) is 5.40. The summed E-state index contributed by atoms with van der Waals surface area (Å²) in [5.41, 5.74) is 3.00. The number of thioether (sulfide) groups is 2. The third-order valence-corrected chi connectivity index (χ3v) is 7.83. The van der Waals surface area contributed by atoms with E-state index in [0.717, 1.165) is 21.3 Å². The molecule has 1 aromatic heterocycles. The SMILES string of the molecule is CCNc1ccc(C#N)cc1N=C1SC(=C2Sc3ccccc3N2C)C(=O)N1Cc1ccco1. The molecule has 2 aromatic carbocycles. The van der Waals surface area contributed by atoms with Crippen LogP contribution in [0, 0.1) is 11.3 Å². The predicted molar refractivity (Wildman–Crippen MR) is 137 cm³/mol. The maximum Gasteiger partial charge on any atom is 0.269 e. The second-order valence-corrected chi connectivity index (χ2v) is 9.61. The Morgan fingerprint density at radius 3 is 2.74 bits per heavy atom. The van der Waals surface area contributed by atoms with Crippen LogP contribution >= 0.6 is 23.5 Å². The molecular weight excluding hydrogens is 466 g/mol. The molecule has 7 nitrogen and oxygen atoms in total. The zero-order chi connectivity index (χ0) is 23.7. The lowest BCUT2D eigenvalue weighted by atomic mass is 10.2. The van der Waals surface area contributed by atoms with Gasteiger partial charge in [-0.05, 0) is 61.2 Å². The number of anilines is 2. The van der Waals surface area contributed by atoms with Crippen LogP contribution < -0.4 is 10.2 Å². The molecule has 2 aliphatic rings. The summed E-state index contributed by atoms with van der Waals surface area (Å²) in [5.74, 6) is 0.546. The molecule has 1 saturated heterocycles. The number of carbonyl (C=O) groups is 1. The first-order valence-electron chi connectivity index (χ1n) is 10.7. The Bertz CT molecular complexity index is 1360. The zero-order valence-electron chi connectivity index (χ0n) is 18.6. The topological polar surface area (TPSA) is 84.9 Å². The van der Waals surface area contributed by atoms with Crippen LogP contribution in [0.3, 0.4) is 0 Å². The average molecular weight is 488 g/mol. The van der Waals surface area contributed by atoms with E-state index in [1.165, 1.54) is 11.8 Å². The minimum atomic E-state index is -0.122. The van der Waals surface area contributed by atoms with Gasteiger partial charge in [0.05, 0.1) is 46.5 Å². The largest absolute Gasteiger partial charge is 0.467 e. The van der Waals surface area contributed by atoms with Gasteiger partial charge in [-0.25, -0.2) is 4.99 Å². The molecule has 170 valence electrons. The molecule has 0 atom stereocenters. The molecule has 0 spiro atoms. The van der Waals surface area contributed by atoms with Crippen LogP contribution in [0.5, 0.6) is 0 Å². The lowest BCUT2D eigenvalue weighted by molar-refractivity contribution is -0.122. The average Bonchev–Trinajstić information content (AvgIpc) is 3.56. The van der Waals surface area contributed by atoms with Crippen molar-refractivity contribution in [2.75, 3.05) is 23.8 Å². The van der Waals surface area contributed by atoms with Crippen molar-refractivity contribution < 1.29 is 9.21 Å². The number of nitrogens with zero attached hydrogens (tertiary/aromatic N) is 4. The van der Waals surface area contributed by atoms with Crippen LogP contribution in [0.1, 0.15) is 18.2 Å². The lowest BCUT2D eigenvalue weighted by Crippen LogP contribution is -2.29. The monoisotopic (exact) mass is 487 g/mol. The molecule has 3 aromatic rings. The minimum absolute atomic E-state index is 0.122. The highest BCUT2D eigenvalue weighted by Crippen LogP contribution is 2.50. The molecule has 9 heteroatoms. The fourth-order valence-corrected chi connectivity index (χ4v) is 6.09. The molecular formula is C25H21N5O2S2. The fraction of sp³-hybridized carbons (Fsp3) is 0.160. The molecule has 3 heterocycles. The summed E-state index contributed by atoms with van der Waals surface area (Å²) >= 11 is 2.93. The number of fused-ring (bicyclic) bond motifs is 1. The predicted octanol–water partition coefficient (Wildman–Crippen LogP) is 5.76. The summed E-state index contributed by atoms with van der Waals surface area (Å²) in [6.45, 7) is 2.98. The van der Waals surface area contributed by atoms with Gasteiger partial charge in [0.15, 0.2) is 5.17 Å². The normalized spacial score (nSPS) is 18.5. The Hall–Kier alpha value is -3.61. The van der Waals surface area contributed by atoms with Crippen molar-refractivity contribution in [3.05, 3.63) is 82.1 Å². The zero-order valence-corrected chi connectivity index (χ0v) is 20.2. The van der Waals surface area contributed by atoms with E-state index < -0.39 is 0 Å². The molecule has 0 radical (unpaired) electrons. The molecule has 0 unspecified atom stereocenters. The van der Waals surface area contributed by atoms with Crippen molar-refractivity contribution in [1.29, 1.82) is 5.26 Å². The van der Waals surface area contributed by atoms with Crippen LogP contribution in [0.15, 0.2) is 85.1 Å². The van der Waals surface area contributed by atoms with Crippen molar-refractivity contribution >= 4 is 51.7 Å². The van der Waals surface area contributed by atoms with Crippen LogP contribution in [0.4, 0.5) is 17.1 Å². The maximum absolute atomic E-state index is 13.7. The van der Waals surface area contributed by atoms with Gasteiger partial charge in [0, 0.05) is 18.5 Å². The van der Waals surface area contributed by atoms with Crippen molar-refractivity contribution in [3.63, 3.8) is 0 Å². The summed E-state index contributed by atoms with van der Waals surface area (Å²) in [5, 5.41) is 14.1. The molecule has 1 N–H and O–H groups in total. The molecule has 0 aliphatic carbocycles. The lowest BCUT2D eigenvalue weighted by Gasteiger charge is -2.16. The van der Waals surface area contributed by atoms with Gasteiger partial charge in [0.2, 0.25) is 0 Å². The first kappa shape index (κ1) is 22.2. The molecule has 1 fully saturated rings. The number of benzene rings is 2. The molecule has 2 aliphatic heterocycles. The smallest absolute Gasteiger partial charge is 0.269 e. The Labute approximate surface area is 206 Å². The number of nitriles is 1. The molecule has 1 amide bonds. The van der Waals surface area contributed by atoms with Crippen molar-refractivity contribution in [1.82, 2.24) is 4.90 Å². The number of furan rings is 1. The number of nitrogens with one attached hydrogen (secondary N) is 1. The number of hydrogen-bond acceptors (Lipinski definition) is 8. The van der Waals surface area contributed by atoms with Gasteiger partial charge >= 0.3 is 0 Å². The van der Waals surface area contributed by atoms with Gasteiger partial charge in [-0.15, -0.1) is 0 Å². The van der Waals surface area contributed by atoms with Crippen molar-refractivity contribution in [2.45, 2.75) is 18.4 Å². The standard InChI is InChI=1S/C25H21N5O2S2/c1-3-27-18-11-10-16(14-26)13-19(18)28-25-30(15-17-7-6-12-32-17)23(31)22(34-25)24-29(2)20-8-4-5-9-21(20)33-24/h4-13,27H,3,15H2,1-2H3. The number of amides is 1. The van der Waals surface area contributed by atoms with Gasteiger partial charge in [-0.2, -0.15) is 5.26 Å². The van der Waals surface area contributed by atoms with E-state index in [2.05, 4.69) is 22.4 Å². The summed E-state index contributed by atoms with van der Waals surface area (Å²) in [4.78, 5) is 23.9. The van der Waals surface area contributed by atoms with Gasteiger partial charge in [0.1, 0.15) is 10.7 Å². The quantitative estimate of drug-likeness (QED) is 0.458. The highest BCUT2D eigenvalue weighted by Gasteiger charge is 2.39. The van der Waals surface area contributed by atoms with E-state index in [9.17, 15) is 10.1 Å². The third kappa shape index (κ3) is 4.06. The maximum atomic E-state index is 13.7. The fourth-order valence-electron chi connectivity index (χ4n) is 3.75. The van der Waals surface area contributed by atoms with Crippen LogP contribution in [-0.2, 0) is 11.3 Å². The number of rotatable bonds is 5. The highest BCUT2D eigenvalue weighted by molar-refractivity contribution is 8.19. The number of carbonyl (C=O) groups excluding carboxylic acids is 1. The molecule has 34 heavy (non-hydrogen) atoms. The van der Waals surface area contributed by atoms with E-state index in [0.29, 0.717) is 33.6 Å². The summed E-state index contributed by atoms with van der Waals surface area (Å²) in [6.07, 6.45) is 1.59. The molecule has 0 saturated carbocycles. The summed E-state index contributed by atoms with van der Waals surface area (Å²) in [7, 11) is 1.97. The van der Waals surface area contributed by atoms with Crippen LogP contribution in [0.25, 0.3) is 0 Å². The van der Waals surface area contributed by atoms with Crippen molar-refractivity contribution in [3.8, 4) is 6.07 Å². The summed E-state index contributed by atoms with van der Waals surface area (Å²) in [6, 6.07) is 19.2. The minimum Gasteiger partial charge on any atom is -0.467 e. The van der Waals surface area contributed by atoms with E-state index in [4.69, 9.17) is 9.41 Å². The van der Waals surface area contributed by atoms with Gasteiger partial charge < -0.3 is 14.6 Å². The second-order valence-electron chi connectivity index (χ2n) is 7.60. The van der Waals surface area contributed by atoms with E-state index in [1.54, 1.807) is 41.1 Å². The Morgan fingerprint density at radius 2 is 2.00 bits per heavy atom. The molecule has 5 rings (SSSR count). The molecule has 0 bridgehead atoms. The Kier molecular flexibility index (Phi) is 6.09. The van der Waals surface area contributed by atoms with E-state index in [-0.39, 0.29) is 12.5 Å². The highest BCUT2D eigenvalue weighted by atomic mass is 32.2. The first-order chi connectivity index (χ1) is 16.6. The van der Waals surface area contributed by atoms with E-state index in [1.807, 2.05) is 44.3 Å². The van der Waals surface area contributed by atoms with Crippen LogP contribution in [-0.4, -0.2) is 29.6 Å². The van der Waals surface area contributed by atoms with Gasteiger partial charge in [0.25, 0.3) is 5.91 Å². The Balaban J connectivity index is 1.59. The Morgan fingerprint density at radius 1 is 1.15 bits per heavy atom. The number of para-hydroxylation sites is 1. The summed E-state index contributed by atoms with van der Waals surface area (Å²) < 4.78 is 5.53. The van der Waals surface area contributed by atoms with Gasteiger partial charge in [-0.3, -0.25) is 9.69 Å². The number of hydrogen-bond donors (Lipinski definition) is 1.